The van der Waals surface area contributed by atoms with Crippen molar-refractivity contribution < 1.29 is 13.2 Å². The van der Waals surface area contributed by atoms with Gasteiger partial charge >= 0.3 is 0 Å². The van der Waals surface area contributed by atoms with Crippen molar-refractivity contribution in [1.29, 1.82) is 0 Å². The van der Waals surface area contributed by atoms with Gasteiger partial charge in [0.05, 0.1) is 15.6 Å². The Morgan fingerprint density at radius 1 is 1.35 bits per heavy atom. The summed E-state index contributed by atoms with van der Waals surface area (Å²) in [4.78, 5) is 12.3. The Kier molecular flexibility index (Phi) is 4.50. The second-order valence-corrected chi connectivity index (χ2v) is 7.31. The number of hydrogen-bond acceptors (Lipinski definition) is 3. The number of anilines is 1. The maximum Gasteiger partial charge on any atom is 0.227 e. The van der Waals surface area contributed by atoms with Gasteiger partial charge in [0.15, 0.2) is 9.84 Å². The summed E-state index contributed by atoms with van der Waals surface area (Å²) in [5.74, 6) is -0.208. The molecule has 2 rings (SSSR count). The van der Waals surface area contributed by atoms with E-state index in [9.17, 15) is 13.2 Å². The Morgan fingerprint density at radius 2 is 2.10 bits per heavy atom. The Labute approximate surface area is 123 Å². The van der Waals surface area contributed by atoms with Crippen LogP contribution in [-0.2, 0) is 14.6 Å². The molecule has 0 radical (unpaired) electrons. The quantitative estimate of drug-likeness (QED) is 0.872. The molecule has 0 aromatic heterocycles. The average molecular weight is 314 g/mol. The molecule has 0 heterocycles. The summed E-state index contributed by atoms with van der Waals surface area (Å²) in [5.41, 5.74) is 0.342. The Morgan fingerprint density at radius 3 is 2.70 bits per heavy atom. The second kappa shape index (κ2) is 5.97. The summed E-state index contributed by atoms with van der Waals surface area (Å²) in [6.07, 6.45) is 7.55. The summed E-state index contributed by atoms with van der Waals surface area (Å²) in [6, 6.07) is 4.30. The first kappa shape index (κ1) is 15.1. The van der Waals surface area contributed by atoms with Crippen molar-refractivity contribution in [3.05, 3.63) is 35.4 Å². The molecular weight excluding hydrogens is 298 g/mol. The molecule has 1 aliphatic rings. The molecule has 4 nitrogen and oxygen atoms in total. The van der Waals surface area contributed by atoms with Crippen molar-refractivity contribution >= 4 is 33.0 Å². The Balaban J connectivity index is 2.20. The van der Waals surface area contributed by atoms with Crippen LogP contribution in [0.2, 0.25) is 5.02 Å². The minimum atomic E-state index is -3.32. The molecule has 0 aliphatic heterocycles. The van der Waals surface area contributed by atoms with Crippen molar-refractivity contribution in [2.45, 2.75) is 24.2 Å². The summed E-state index contributed by atoms with van der Waals surface area (Å²) < 4.78 is 23.0. The number of allylic oxidation sites excluding steroid dienone is 2. The van der Waals surface area contributed by atoms with Crippen LogP contribution in [0.4, 0.5) is 5.69 Å². The molecule has 1 aromatic rings. The Hall–Kier alpha value is -1.33. The predicted octanol–water partition coefficient (Wildman–Crippen LogP) is 3.04. The average Bonchev–Trinajstić information content (AvgIpc) is 2.41. The van der Waals surface area contributed by atoms with Crippen LogP contribution in [0.1, 0.15) is 19.3 Å². The van der Waals surface area contributed by atoms with E-state index in [2.05, 4.69) is 11.4 Å². The molecule has 0 bridgehead atoms. The van der Waals surface area contributed by atoms with E-state index in [1.165, 1.54) is 18.2 Å². The highest BCUT2D eigenvalue weighted by Gasteiger charge is 2.20. The van der Waals surface area contributed by atoms with Gasteiger partial charge in [0.25, 0.3) is 0 Å². The van der Waals surface area contributed by atoms with Gasteiger partial charge in [-0.3, -0.25) is 4.79 Å². The van der Waals surface area contributed by atoms with Gasteiger partial charge in [0, 0.05) is 12.2 Å². The second-order valence-electron chi connectivity index (χ2n) is 4.88. The Bertz CT molecular complexity index is 652. The van der Waals surface area contributed by atoms with Gasteiger partial charge in [0.1, 0.15) is 0 Å². The largest absolute Gasteiger partial charge is 0.324 e. The third-order valence-corrected chi connectivity index (χ3v) is 4.70. The molecule has 1 N–H and O–H groups in total. The number of carbonyl (C=O) groups is 1. The highest BCUT2D eigenvalue weighted by atomic mass is 35.5. The van der Waals surface area contributed by atoms with Gasteiger partial charge in [-0.25, -0.2) is 8.42 Å². The molecule has 0 spiro atoms. The van der Waals surface area contributed by atoms with Gasteiger partial charge in [-0.1, -0.05) is 23.8 Å². The first-order valence-corrected chi connectivity index (χ1v) is 8.60. The number of amides is 1. The van der Waals surface area contributed by atoms with Crippen LogP contribution in [0.5, 0.6) is 0 Å². The molecule has 1 aromatic carbocycles. The van der Waals surface area contributed by atoms with Crippen LogP contribution >= 0.6 is 11.6 Å². The van der Waals surface area contributed by atoms with E-state index in [4.69, 9.17) is 11.6 Å². The summed E-state index contributed by atoms with van der Waals surface area (Å²) >= 11 is 6.01. The molecule has 20 heavy (non-hydrogen) atoms. The maximum atomic E-state index is 12.1. The van der Waals surface area contributed by atoms with E-state index in [1.54, 1.807) is 0 Å². The monoisotopic (exact) mass is 313 g/mol. The SMILES string of the molecule is CS(=O)(=O)c1ccc(Cl)c(NC(=O)[C@H]2CC=CCC2)c1. The number of sulfone groups is 1. The molecule has 1 atom stereocenters. The van der Waals surface area contributed by atoms with Crippen LogP contribution in [0.25, 0.3) is 0 Å². The van der Waals surface area contributed by atoms with Crippen molar-refractivity contribution in [2.24, 2.45) is 5.92 Å². The molecular formula is C14H16ClNO3S. The molecule has 1 aliphatic carbocycles. The zero-order valence-corrected chi connectivity index (χ0v) is 12.7. The first-order chi connectivity index (χ1) is 9.38. The topological polar surface area (TPSA) is 63.2 Å². The van der Waals surface area contributed by atoms with Gasteiger partial charge in [0.2, 0.25) is 5.91 Å². The van der Waals surface area contributed by atoms with Crippen LogP contribution in [0.3, 0.4) is 0 Å². The van der Waals surface area contributed by atoms with Gasteiger partial charge < -0.3 is 5.32 Å². The molecule has 0 saturated carbocycles. The summed E-state index contributed by atoms with van der Waals surface area (Å²) in [7, 11) is -3.32. The number of carbonyl (C=O) groups excluding carboxylic acids is 1. The van der Waals surface area contributed by atoms with E-state index in [0.717, 1.165) is 19.1 Å². The van der Waals surface area contributed by atoms with Gasteiger partial charge in [-0.05, 0) is 37.5 Å². The lowest BCUT2D eigenvalue weighted by molar-refractivity contribution is -0.120. The normalized spacial score (nSPS) is 18.8. The number of halogens is 1. The lowest BCUT2D eigenvalue weighted by Gasteiger charge is -2.18. The third kappa shape index (κ3) is 3.61. The van der Waals surface area contributed by atoms with Crippen LogP contribution < -0.4 is 5.32 Å². The number of rotatable bonds is 3. The molecule has 0 unspecified atom stereocenters. The minimum absolute atomic E-state index is 0.0852. The van der Waals surface area contributed by atoms with Gasteiger partial charge in [-0.15, -0.1) is 0 Å². The lowest BCUT2D eigenvalue weighted by atomic mass is 9.93. The highest BCUT2D eigenvalue weighted by Crippen LogP contribution is 2.27. The molecule has 0 fully saturated rings. The zero-order valence-electron chi connectivity index (χ0n) is 11.1. The smallest absolute Gasteiger partial charge is 0.227 e. The fourth-order valence-electron chi connectivity index (χ4n) is 2.10. The predicted molar refractivity (Wildman–Crippen MR) is 79.7 cm³/mol. The van der Waals surface area contributed by atoms with E-state index in [0.29, 0.717) is 17.1 Å². The first-order valence-electron chi connectivity index (χ1n) is 6.33. The molecule has 1 amide bonds. The van der Waals surface area contributed by atoms with Crippen LogP contribution in [0.15, 0.2) is 35.2 Å². The molecule has 0 saturated heterocycles. The number of hydrogen-bond donors (Lipinski definition) is 1. The fourth-order valence-corrected chi connectivity index (χ4v) is 2.91. The van der Waals surface area contributed by atoms with Crippen molar-refractivity contribution in [1.82, 2.24) is 0 Å². The zero-order chi connectivity index (χ0) is 14.8. The van der Waals surface area contributed by atoms with E-state index in [1.807, 2.05) is 6.08 Å². The number of benzene rings is 1. The van der Waals surface area contributed by atoms with Crippen LogP contribution in [0, 0.1) is 5.92 Å². The summed E-state index contributed by atoms with van der Waals surface area (Å²) in [6.45, 7) is 0. The standard InChI is InChI=1S/C14H16ClNO3S/c1-20(18,19)11-7-8-12(15)13(9-11)16-14(17)10-5-3-2-4-6-10/h2-3,7-10H,4-6H2,1H3,(H,16,17)/t10-/m0/s1. The maximum absolute atomic E-state index is 12.1. The summed E-state index contributed by atoms with van der Waals surface area (Å²) in [5, 5.41) is 3.05. The lowest BCUT2D eigenvalue weighted by Crippen LogP contribution is -2.23. The number of nitrogens with one attached hydrogen (secondary N) is 1. The minimum Gasteiger partial charge on any atom is -0.324 e. The molecule has 108 valence electrons. The highest BCUT2D eigenvalue weighted by molar-refractivity contribution is 7.90. The van der Waals surface area contributed by atoms with Crippen molar-refractivity contribution in [2.75, 3.05) is 11.6 Å². The van der Waals surface area contributed by atoms with E-state index < -0.39 is 9.84 Å². The molecule has 6 heteroatoms. The third-order valence-electron chi connectivity index (χ3n) is 3.26. The van der Waals surface area contributed by atoms with Crippen molar-refractivity contribution in [3.63, 3.8) is 0 Å². The fraction of sp³-hybridized carbons (Fsp3) is 0.357. The van der Waals surface area contributed by atoms with Crippen molar-refractivity contribution in [3.8, 4) is 0 Å². The van der Waals surface area contributed by atoms with Crippen LogP contribution in [-0.4, -0.2) is 20.6 Å². The van der Waals surface area contributed by atoms with E-state index in [-0.39, 0.29) is 16.7 Å². The van der Waals surface area contributed by atoms with E-state index >= 15 is 0 Å². The van der Waals surface area contributed by atoms with Gasteiger partial charge in [-0.2, -0.15) is 0 Å².